The first-order valence-corrected chi connectivity index (χ1v) is 7.08. The van der Waals surface area contributed by atoms with Gasteiger partial charge >= 0.3 is 0 Å². The molecule has 0 aliphatic rings. The molecular weight excluding hydrogens is 379 g/mol. The number of hydrogen-bond acceptors (Lipinski definition) is 2. The van der Waals surface area contributed by atoms with Gasteiger partial charge in [-0.25, -0.2) is 0 Å². The molecule has 0 aromatic heterocycles. The number of hydrogen-bond donors (Lipinski definition) is 2. The molecule has 2 nitrogen and oxygen atoms in total. The molecule has 1 unspecified atom stereocenters. The van der Waals surface area contributed by atoms with E-state index in [4.69, 9.17) is 5.84 Å². The molecule has 88 valence electrons. The fourth-order valence-electron chi connectivity index (χ4n) is 1.58. The number of hydrazine groups is 1. The first kappa shape index (κ1) is 14.2. The van der Waals surface area contributed by atoms with E-state index in [0.717, 1.165) is 23.7 Å². The highest BCUT2D eigenvalue weighted by Gasteiger charge is 2.12. The van der Waals surface area contributed by atoms with Crippen molar-refractivity contribution in [1.29, 1.82) is 0 Å². The number of halogens is 2. The minimum atomic E-state index is 0.212. The van der Waals surface area contributed by atoms with Crippen molar-refractivity contribution in [2.45, 2.75) is 25.3 Å². The van der Waals surface area contributed by atoms with Crippen molar-refractivity contribution in [2.75, 3.05) is 0 Å². The van der Waals surface area contributed by atoms with E-state index in [0.29, 0.717) is 0 Å². The Morgan fingerprint density at radius 1 is 1.56 bits per heavy atom. The maximum atomic E-state index is 5.61. The molecule has 0 saturated carbocycles. The Labute approximate surface area is 119 Å². The molecule has 0 aliphatic heterocycles. The van der Waals surface area contributed by atoms with Crippen molar-refractivity contribution in [3.05, 3.63) is 44.5 Å². The lowest BCUT2D eigenvalue weighted by Gasteiger charge is -2.17. The van der Waals surface area contributed by atoms with E-state index in [9.17, 15) is 0 Å². The van der Waals surface area contributed by atoms with E-state index in [1.807, 2.05) is 12.1 Å². The lowest BCUT2D eigenvalue weighted by atomic mass is 10.0. The van der Waals surface area contributed by atoms with Crippen molar-refractivity contribution in [1.82, 2.24) is 5.43 Å². The van der Waals surface area contributed by atoms with Crippen molar-refractivity contribution < 1.29 is 0 Å². The van der Waals surface area contributed by atoms with Crippen LogP contribution >= 0.6 is 38.5 Å². The second kappa shape index (κ2) is 7.42. The average Bonchev–Trinajstić information content (AvgIpc) is 2.28. The number of benzene rings is 1. The van der Waals surface area contributed by atoms with Crippen molar-refractivity contribution >= 4 is 38.5 Å². The fourth-order valence-corrected chi connectivity index (χ4v) is 2.67. The lowest BCUT2D eigenvalue weighted by molar-refractivity contribution is 0.499. The molecule has 0 heterocycles. The van der Waals surface area contributed by atoms with Crippen molar-refractivity contribution in [3.8, 4) is 0 Å². The Morgan fingerprint density at radius 2 is 2.31 bits per heavy atom. The summed E-state index contributed by atoms with van der Waals surface area (Å²) in [4.78, 5) is 0. The van der Waals surface area contributed by atoms with Gasteiger partial charge in [0.25, 0.3) is 0 Å². The summed E-state index contributed by atoms with van der Waals surface area (Å²) in [5.74, 6) is 5.61. The van der Waals surface area contributed by atoms with Crippen LogP contribution in [-0.2, 0) is 0 Å². The molecule has 0 saturated heterocycles. The second-order valence-electron chi connectivity index (χ2n) is 3.60. The number of unbranched alkanes of at least 4 members (excludes halogenated alkanes) is 1. The van der Waals surface area contributed by atoms with Crippen LogP contribution in [0.5, 0.6) is 0 Å². The second-order valence-corrected chi connectivity index (χ2v) is 5.68. The maximum Gasteiger partial charge on any atom is 0.0471 e. The number of nitrogens with two attached hydrogens (primary N) is 1. The summed E-state index contributed by atoms with van der Waals surface area (Å²) >= 11 is 5.83. The minimum Gasteiger partial charge on any atom is -0.271 e. The fraction of sp³-hybridized carbons (Fsp3) is 0.333. The van der Waals surface area contributed by atoms with Crippen LogP contribution in [0.2, 0.25) is 0 Å². The Hall–Kier alpha value is 0.0900. The molecule has 3 N–H and O–H groups in total. The predicted molar refractivity (Wildman–Crippen MR) is 81.0 cm³/mol. The standard InChI is InChI=1S/C12H16BrIN2/c1-2-3-4-5-12(16-15)10-8-9(13)6-7-11(10)14/h2,6-8,12,16H,1,3-5,15H2. The number of nitrogens with one attached hydrogen (secondary N) is 1. The van der Waals surface area contributed by atoms with Crippen LogP contribution in [0.1, 0.15) is 30.9 Å². The summed E-state index contributed by atoms with van der Waals surface area (Å²) in [7, 11) is 0. The van der Waals surface area contributed by atoms with E-state index in [1.165, 1.54) is 9.13 Å². The predicted octanol–water partition coefficient (Wildman–Crippen LogP) is 3.91. The van der Waals surface area contributed by atoms with Crippen LogP contribution in [0.4, 0.5) is 0 Å². The van der Waals surface area contributed by atoms with Gasteiger partial charge in [0.2, 0.25) is 0 Å². The Bertz CT molecular complexity index is 355. The highest BCUT2D eigenvalue weighted by molar-refractivity contribution is 14.1. The lowest BCUT2D eigenvalue weighted by Crippen LogP contribution is -2.28. The highest BCUT2D eigenvalue weighted by Crippen LogP contribution is 2.26. The van der Waals surface area contributed by atoms with Gasteiger partial charge in [0.15, 0.2) is 0 Å². The van der Waals surface area contributed by atoms with Crippen LogP contribution in [0, 0.1) is 3.57 Å². The van der Waals surface area contributed by atoms with Gasteiger partial charge in [-0.05, 0) is 65.6 Å². The molecule has 1 aromatic carbocycles. The summed E-state index contributed by atoms with van der Waals surface area (Å²) in [6, 6.07) is 6.48. The summed E-state index contributed by atoms with van der Waals surface area (Å²) < 4.78 is 2.33. The van der Waals surface area contributed by atoms with Crippen LogP contribution in [0.25, 0.3) is 0 Å². The Balaban J connectivity index is 2.77. The molecule has 0 fully saturated rings. The topological polar surface area (TPSA) is 38.0 Å². The zero-order valence-corrected chi connectivity index (χ0v) is 12.8. The van der Waals surface area contributed by atoms with E-state index in [2.05, 4.69) is 62.7 Å². The number of rotatable bonds is 6. The molecule has 16 heavy (non-hydrogen) atoms. The largest absolute Gasteiger partial charge is 0.271 e. The Kier molecular flexibility index (Phi) is 6.57. The van der Waals surface area contributed by atoms with Crippen LogP contribution in [0.15, 0.2) is 35.3 Å². The zero-order valence-electron chi connectivity index (χ0n) is 9.05. The van der Waals surface area contributed by atoms with Crippen LogP contribution < -0.4 is 11.3 Å². The van der Waals surface area contributed by atoms with Gasteiger partial charge in [-0.15, -0.1) is 6.58 Å². The third-order valence-corrected chi connectivity index (χ3v) is 3.91. The maximum absolute atomic E-state index is 5.61. The third-order valence-electron chi connectivity index (χ3n) is 2.44. The monoisotopic (exact) mass is 394 g/mol. The first-order valence-electron chi connectivity index (χ1n) is 5.21. The first-order chi connectivity index (χ1) is 7.69. The van der Waals surface area contributed by atoms with Crippen molar-refractivity contribution in [2.24, 2.45) is 5.84 Å². The summed E-state index contributed by atoms with van der Waals surface area (Å²) in [5, 5.41) is 0. The van der Waals surface area contributed by atoms with Gasteiger partial charge in [-0.3, -0.25) is 11.3 Å². The van der Waals surface area contributed by atoms with E-state index < -0.39 is 0 Å². The Morgan fingerprint density at radius 3 is 2.94 bits per heavy atom. The molecule has 0 bridgehead atoms. The zero-order chi connectivity index (χ0) is 12.0. The van der Waals surface area contributed by atoms with Gasteiger partial charge in [-0.1, -0.05) is 22.0 Å². The quantitative estimate of drug-likeness (QED) is 0.252. The molecule has 0 amide bonds. The molecule has 1 rings (SSSR count). The third kappa shape index (κ3) is 4.16. The van der Waals surface area contributed by atoms with Gasteiger partial charge < -0.3 is 0 Å². The molecule has 0 radical (unpaired) electrons. The highest BCUT2D eigenvalue weighted by atomic mass is 127. The van der Waals surface area contributed by atoms with Crippen LogP contribution in [-0.4, -0.2) is 0 Å². The van der Waals surface area contributed by atoms with E-state index in [1.54, 1.807) is 0 Å². The van der Waals surface area contributed by atoms with Crippen molar-refractivity contribution in [3.63, 3.8) is 0 Å². The van der Waals surface area contributed by atoms with Crippen LogP contribution in [0.3, 0.4) is 0 Å². The molecular formula is C12H16BrIN2. The summed E-state index contributed by atoms with van der Waals surface area (Å²) in [6.07, 6.45) is 5.10. The average molecular weight is 395 g/mol. The molecule has 1 aromatic rings. The molecule has 0 aliphatic carbocycles. The van der Waals surface area contributed by atoms with Gasteiger partial charge in [-0.2, -0.15) is 0 Å². The van der Waals surface area contributed by atoms with E-state index in [-0.39, 0.29) is 6.04 Å². The summed E-state index contributed by atoms with van der Waals surface area (Å²) in [6.45, 7) is 3.73. The summed E-state index contributed by atoms with van der Waals surface area (Å²) in [5.41, 5.74) is 4.14. The normalized spacial score (nSPS) is 12.4. The molecule has 4 heteroatoms. The van der Waals surface area contributed by atoms with Gasteiger partial charge in [0.05, 0.1) is 0 Å². The molecule has 0 spiro atoms. The molecule has 1 atom stereocenters. The van der Waals surface area contributed by atoms with E-state index >= 15 is 0 Å². The minimum absolute atomic E-state index is 0.212. The SMILES string of the molecule is C=CCCCC(NN)c1cc(Br)ccc1I. The smallest absolute Gasteiger partial charge is 0.0471 e. The van der Waals surface area contributed by atoms with Gasteiger partial charge in [0.1, 0.15) is 0 Å². The number of allylic oxidation sites excluding steroid dienone is 1. The van der Waals surface area contributed by atoms with Gasteiger partial charge in [0, 0.05) is 14.1 Å².